The molecule has 1 aromatic heterocycles. The van der Waals surface area contributed by atoms with Crippen molar-refractivity contribution >= 4 is 22.8 Å². The molecule has 2 aromatic rings. The Hall–Kier alpha value is -2.50. The molecule has 122 valence electrons. The maximum Gasteiger partial charge on any atom is 0.240 e. The van der Waals surface area contributed by atoms with Crippen molar-refractivity contribution in [1.82, 2.24) is 4.90 Å². The number of fused-ring (bicyclic) bond motifs is 1. The van der Waals surface area contributed by atoms with Crippen LogP contribution in [0.3, 0.4) is 0 Å². The predicted octanol–water partition coefficient (Wildman–Crippen LogP) is 1.85. The number of benzene rings is 1. The lowest BCUT2D eigenvalue weighted by Gasteiger charge is -2.33. The molecule has 0 saturated carbocycles. The van der Waals surface area contributed by atoms with Crippen molar-refractivity contribution in [1.29, 1.82) is 0 Å². The van der Waals surface area contributed by atoms with Gasteiger partial charge in [0.05, 0.1) is 19.8 Å². The number of piperidine rings is 1. The minimum absolute atomic E-state index is 0.0907. The molecule has 2 heterocycles. The lowest BCUT2D eigenvalue weighted by Crippen LogP contribution is -2.50. The number of nitrogens with zero attached hydrogens (tertiary/aromatic N) is 1. The summed E-state index contributed by atoms with van der Waals surface area (Å²) in [4.78, 5) is 25.8. The van der Waals surface area contributed by atoms with Crippen LogP contribution in [0, 0.1) is 0 Å². The lowest BCUT2D eigenvalue weighted by atomic mass is 10.00. The van der Waals surface area contributed by atoms with Gasteiger partial charge in [-0.25, -0.2) is 0 Å². The van der Waals surface area contributed by atoms with Crippen LogP contribution < -0.4 is 10.5 Å². The molecule has 2 amide bonds. The Morgan fingerprint density at radius 3 is 2.96 bits per heavy atom. The highest BCUT2D eigenvalue weighted by molar-refractivity contribution is 5.91. The largest absolute Gasteiger partial charge is 0.497 e. The van der Waals surface area contributed by atoms with E-state index in [2.05, 4.69) is 0 Å². The SMILES string of the molecule is COc1ccc2c(CC(=O)N3CCCCC3C(N)=O)coc2c1. The van der Waals surface area contributed by atoms with Crippen molar-refractivity contribution in [2.75, 3.05) is 13.7 Å². The first kappa shape index (κ1) is 15.4. The second-order valence-electron chi connectivity index (χ2n) is 5.80. The standard InChI is InChI=1S/C17H20N2O4/c1-22-12-5-6-13-11(10-23-15(13)9-12)8-16(20)19-7-3-2-4-14(19)17(18)21/h5-6,9-10,14H,2-4,7-8H2,1H3,(H2,18,21). The van der Waals surface area contributed by atoms with Gasteiger partial charge < -0.3 is 19.8 Å². The third kappa shape index (κ3) is 3.02. The van der Waals surface area contributed by atoms with Crippen LogP contribution in [0.25, 0.3) is 11.0 Å². The maximum atomic E-state index is 12.6. The third-order valence-corrected chi connectivity index (χ3v) is 4.36. The minimum Gasteiger partial charge on any atom is -0.497 e. The van der Waals surface area contributed by atoms with Crippen LogP contribution in [-0.2, 0) is 16.0 Å². The first-order valence-electron chi connectivity index (χ1n) is 7.73. The third-order valence-electron chi connectivity index (χ3n) is 4.36. The highest BCUT2D eigenvalue weighted by atomic mass is 16.5. The zero-order valence-corrected chi connectivity index (χ0v) is 13.1. The van der Waals surface area contributed by atoms with Crippen molar-refractivity contribution in [2.24, 2.45) is 5.73 Å². The van der Waals surface area contributed by atoms with E-state index in [1.807, 2.05) is 12.1 Å². The van der Waals surface area contributed by atoms with Gasteiger partial charge in [0.25, 0.3) is 0 Å². The first-order valence-corrected chi connectivity index (χ1v) is 7.73. The summed E-state index contributed by atoms with van der Waals surface area (Å²) in [6, 6.07) is 5.01. The zero-order chi connectivity index (χ0) is 16.4. The topological polar surface area (TPSA) is 85.8 Å². The van der Waals surface area contributed by atoms with Crippen LogP contribution in [0.1, 0.15) is 24.8 Å². The quantitative estimate of drug-likeness (QED) is 0.932. The van der Waals surface area contributed by atoms with Gasteiger partial charge in [0.15, 0.2) is 0 Å². The second-order valence-corrected chi connectivity index (χ2v) is 5.80. The number of furan rings is 1. The smallest absolute Gasteiger partial charge is 0.240 e. The molecule has 1 unspecified atom stereocenters. The molecule has 1 fully saturated rings. The Morgan fingerprint density at radius 2 is 2.22 bits per heavy atom. The van der Waals surface area contributed by atoms with Gasteiger partial charge in [0.1, 0.15) is 17.4 Å². The van der Waals surface area contributed by atoms with Crippen molar-refractivity contribution < 1.29 is 18.7 Å². The molecule has 0 bridgehead atoms. The Morgan fingerprint density at radius 1 is 1.39 bits per heavy atom. The lowest BCUT2D eigenvalue weighted by molar-refractivity contribution is -0.140. The predicted molar refractivity (Wildman–Crippen MR) is 85.0 cm³/mol. The average molecular weight is 316 g/mol. The Kier molecular flexibility index (Phi) is 4.23. The molecule has 0 radical (unpaired) electrons. The fourth-order valence-electron chi connectivity index (χ4n) is 3.12. The highest BCUT2D eigenvalue weighted by Gasteiger charge is 2.30. The van der Waals surface area contributed by atoms with Crippen LogP contribution in [0.2, 0.25) is 0 Å². The Balaban J connectivity index is 1.81. The van der Waals surface area contributed by atoms with E-state index in [0.29, 0.717) is 24.3 Å². The zero-order valence-electron chi connectivity index (χ0n) is 13.1. The fraction of sp³-hybridized carbons (Fsp3) is 0.412. The molecule has 6 nitrogen and oxygen atoms in total. The number of amides is 2. The average Bonchev–Trinajstić information content (AvgIpc) is 2.96. The van der Waals surface area contributed by atoms with Gasteiger partial charge in [0, 0.05) is 23.6 Å². The number of ether oxygens (including phenoxy) is 1. The molecular formula is C17H20N2O4. The number of likely N-dealkylation sites (tertiary alicyclic amines) is 1. The summed E-state index contributed by atoms with van der Waals surface area (Å²) in [5, 5.41) is 0.881. The molecule has 23 heavy (non-hydrogen) atoms. The van der Waals surface area contributed by atoms with E-state index in [4.69, 9.17) is 14.9 Å². The number of carbonyl (C=O) groups excluding carboxylic acids is 2. The summed E-state index contributed by atoms with van der Waals surface area (Å²) in [5.74, 6) is 0.182. The molecule has 0 spiro atoms. The Bertz CT molecular complexity index is 737. The van der Waals surface area contributed by atoms with Crippen molar-refractivity contribution in [3.05, 3.63) is 30.0 Å². The van der Waals surface area contributed by atoms with Gasteiger partial charge in [-0.1, -0.05) is 0 Å². The molecule has 1 atom stereocenters. The molecule has 1 saturated heterocycles. The molecule has 2 N–H and O–H groups in total. The van der Waals surface area contributed by atoms with Crippen molar-refractivity contribution in [3.63, 3.8) is 0 Å². The summed E-state index contributed by atoms with van der Waals surface area (Å²) < 4.78 is 10.7. The summed E-state index contributed by atoms with van der Waals surface area (Å²) in [6.45, 7) is 0.579. The van der Waals surface area contributed by atoms with E-state index in [-0.39, 0.29) is 12.3 Å². The summed E-state index contributed by atoms with van der Waals surface area (Å²) in [7, 11) is 1.59. The number of rotatable bonds is 4. The Labute approximate surface area is 134 Å². The van der Waals surface area contributed by atoms with Gasteiger partial charge in [-0.15, -0.1) is 0 Å². The highest BCUT2D eigenvalue weighted by Crippen LogP contribution is 2.27. The monoisotopic (exact) mass is 316 g/mol. The molecule has 1 aromatic carbocycles. The second kappa shape index (κ2) is 6.32. The van der Waals surface area contributed by atoms with Gasteiger partial charge >= 0.3 is 0 Å². The number of primary amides is 1. The fourth-order valence-corrected chi connectivity index (χ4v) is 3.12. The van der Waals surface area contributed by atoms with Crippen LogP contribution in [0.4, 0.5) is 0 Å². The van der Waals surface area contributed by atoms with E-state index in [1.165, 1.54) is 0 Å². The van der Waals surface area contributed by atoms with E-state index in [9.17, 15) is 9.59 Å². The van der Waals surface area contributed by atoms with Crippen molar-refractivity contribution in [2.45, 2.75) is 31.7 Å². The van der Waals surface area contributed by atoms with Gasteiger partial charge in [0.2, 0.25) is 11.8 Å². The van der Waals surface area contributed by atoms with E-state index >= 15 is 0 Å². The summed E-state index contributed by atoms with van der Waals surface area (Å²) >= 11 is 0. The van der Waals surface area contributed by atoms with E-state index in [1.54, 1.807) is 24.3 Å². The summed E-state index contributed by atoms with van der Waals surface area (Å²) in [6.07, 6.45) is 4.25. The van der Waals surface area contributed by atoms with Crippen LogP contribution in [0.5, 0.6) is 5.75 Å². The van der Waals surface area contributed by atoms with Crippen LogP contribution in [0.15, 0.2) is 28.9 Å². The van der Waals surface area contributed by atoms with Crippen LogP contribution >= 0.6 is 0 Å². The molecule has 3 rings (SSSR count). The molecule has 1 aliphatic rings. The van der Waals surface area contributed by atoms with Gasteiger partial charge in [-0.05, 0) is 31.4 Å². The van der Waals surface area contributed by atoms with Crippen LogP contribution in [-0.4, -0.2) is 36.4 Å². The minimum atomic E-state index is -0.491. The van der Waals surface area contributed by atoms with Crippen molar-refractivity contribution in [3.8, 4) is 5.75 Å². The normalized spacial score (nSPS) is 18.1. The number of hydrogen-bond donors (Lipinski definition) is 1. The van der Waals surface area contributed by atoms with Gasteiger partial charge in [-0.3, -0.25) is 9.59 Å². The molecular weight excluding hydrogens is 296 g/mol. The number of nitrogens with two attached hydrogens (primary N) is 1. The van der Waals surface area contributed by atoms with Gasteiger partial charge in [-0.2, -0.15) is 0 Å². The molecule has 1 aliphatic heterocycles. The van der Waals surface area contributed by atoms with E-state index < -0.39 is 11.9 Å². The number of methoxy groups -OCH3 is 1. The number of hydrogen-bond acceptors (Lipinski definition) is 4. The molecule has 6 heteroatoms. The molecule has 0 aliphatic carbocycles. The number of carbonyl (C=O) groups is 2. The first-order chi connectivity index (χ1) is 11.1. The van der Waals surface area contributed by atoms with E-state index in [0.717, 1.165) is 23.8 Å². The summed E-state index contributed by atoms with van der Waals surface area (Å²) in [5.41, 5.74) is 6.91. The maximum absolute atomic E-state index is 12.6.